The van der Waals surface area contributed by atoms with Crippen LogP contribution in [0.3, 0.4) is 0 Å². The minimum Gasteiger partial charge on any atom is -0.382 e. The Morgan fingerprint density at radius 3 is 2.92 bits per heavy atom. The van der Waals surface area contributed by atoms with Crippen LogP contribution in [0.2, 0.25) is 0 Å². The van der Waals surface area contributed by atoms with Crippen LogP contribution < -0.4 is 16.0 Å². The van der Waals surface area contributed by atoms with E-state index in [1.807, 2.05) is 26.4 Å². The Morgan fingerprint density at radius 2 is 2.13 bits per heavy atom. The molecule has 2 fully saturated rings. The zero-order valence-electron chi connectivity index (χ0n) is 21.6. The molecule has 38 heavy (non-hydrogen) atoms. The molecule has 200 valence electrons. The van der Waals surface area contributed by atoms with Gasteiger partial charge in [-0.2, -0.15) is 10.2 Å². The fraction of sp³-hybridized carbons (Fsp3) is 0.462. The Kier molecular flexibility index (Phi) is 6.54. The number of likely N-dealkylation sites (tertiary alicyclic amines) is 1. The third kappa shape index (κ3) is 4.86. The minimum absolute atomic E-state index is 0.148. The summed E-state index contributed by atoms with van der Waals surface area (Å²) in [4.78, 5) is 30.2. The van der Waals surface area contributed by atoms with E-state index >= 15 is 0 Å². The van der Waals surface area contributed by atoms with Crippen molar-refractivity contribution in [3.63, 3.8) is 0 Å². The number of dihydropyridines is 1. The smallest absolute Gasteiger partial charge is 0.260 e. The first-order chi connectivity index (χ1) is 18.4. The van der Waals surface area contributed by atoms with Gasteiger partial charge >= 0.3 is 0 Å². The summed E-state index contributed by atoms with van der Waals surface area (Å²) in [6.45, 7) is 7.13. The SMILES string of the molecule is CC1NC=C(C(=O)NCCN2CCC3(CCOC3)C2)C=C1NC(=O)c1cnn2cc(-c3cnn(C)c3)sc12. The first-order valence-electron chi connectivity index (χ1n) is 12.9. The molecule has 0 saturated carbocycles. The van der Waals surface area contributed by atoms with E-state index < -0.39 is 0 Å². The lowest BCUT2D eigenvalue weighted by Crippen LogP contribution is -2.40. The van der Waals surface area contributed by atoms with Crippen molar-refractivity contribution in [3.05, 3.63) is 53.9 Å². The van der Waals surface area contributed by atoms with Crippen molar-refractivity contribution in [3.8, 4) is 10.4 Å². The highest BCUT2D eigenvalue weighted by atomic mass is 32.1. The first-order valence-corrected chi connectivity index (χ1v) is 13.7. The molecule has 2 saturated heterocycles. The van der Waals surface area contributed by atoms with Gasteiger partial charge in [-0.25, -0.2) is 4.52 Å². The van der Waals surface area contributed by atoms with Crippen molar-refractivity contribution in [1.29, 1.82) is 0 Å². The van der Waals surface area contributed by atoms with Gasteiger partial charge in [-0.3, -0.25) is 14.3 Å². The number of nitrogens with zero attached hydrogens (tertiary/aromatic N) is 5. The number of carbonyl (C=O) groups is 2. The third-order valence-electron chi connectivity index (χ3n) is 7.63. The molecule has 11 nitrogen and oxygen atoms in total. The lowest BCUT2D eigenvalue weighted by atomic mass is 9.87. The molecule has 0 aliphatic carbocycles. The highest BCUT2D eigenvalue weighted by molar-refractivity contribution is 7.21. The molecule has 1 spiro atoms. The van der Waals surface area contributed by atoms with E-state index in [1.165, 1.54) is 17.8 Å². The van der Waals surface area contributed by atoms with Crippen molar-refractivity contribution >= 4 is 28.0 Å². The van der Waals surface area contributed by atoms with Gasteiger partial charge in [0.15, 0.2) is 0 Å². The molecular weight excluding hydrogens is 504 g/mol. The maximum atomic E-state index is 13.2. The molecule has 6 rings (SSSR count). The van der Waals surface area contributed by atoms with Gasteiger partial charge in [-0.1, -0.05) is 0 Å². The number of rotatable bonds is 7. The number of thiazole rings is 1. The molecule has 2 amide bonds. The van der Waals surface area contributed by atoms with Crippen LogP contribution in [0.5, 0.6) is 0 Å². The number of hydrogen-bond donors (Lipinski definition) is 3. The van der Waals surface area contributed by atoms with E-state index in [4.69, 9.17) is 4.74 Å². The fourth-order valence-corrected chi connectivity index (χ4v) is 6.39. The molecule has 3 aromatic heterocycles. The largest absolute Gasteiger partial charge is 0.382 e. The average Bonchev–Trinajstić information content (AvgIpc) is 3.71. The number of nitrogens with one attached hydrogen (secondary N) is 3. The van der Waals surface area contributed by atoms with Crippen molar-refractivity contribution in [2.45, 2.75) is 25.8 Å². The number of carbonyl (C=O) groups excluding carboxylic acids is 2. The van der Waals surface area contributed by atoms with E-state index in [1.54, 1.807) is 33.9 Å². The van der Waals surface area contributed by atoms with Gasteiger partial charge in [0, 0.05) is 68.6 Å². The molecular formula is C26H32N8O3S. The van der Waals surface area contributed by atoms with Gasteiger partial charge in [-0.05, 0) is 32.4 Å². The quantitative estimate of drug-likeness (QED) is 0.419. The van der Waals surface area contributed by atoms with Crippen LogP contribution in [0, 0.1) is 5.41 Å². The zero-order chi connectivity index (χ0) is 26.3. The molecule has 3 N–H and O–H groups in total. The summed E-state index contributed by atoms with van der Waals surface area (Å²) in [6, 6.07) is -0.148. The fourth-order valence-electron chi connectivity index (χ4n) is 5.36. The van der Waals surface area contributed by atoms with Crippen molar-refractivity contribution in [2.75, 3.05) is 39.4 Å². The Morgan fingerprint density at radius 1 is 1.24 bits per heavy atom. The molecule has 3 aliphatic rings. The lowest BCUT2D eigenvalue weighted by molar-refractivity contribution is -0.117. The van der Waals surface area contributed by atoms with Crippen molar-refractivity contribution in [1.82, 2.24) is 40.2 Å². The summed E-state index contributed by atoms with van der Waals surface area (Å²) >= 11 is 1.48. The maximum absolute atomic E-state index is 13.2. The Balaban J connectivity index is 1.07. The van der Waals surface area contributed by atoms with Gasteiger partial charge in [0.05, 0.1) is 41.1 Å². The van der Waals surface area contributed by atoms with Gasteiger partial charge in [0.2, 0.25) is 0 Å². The topological polar surface area (TPSA) is 118 Å². The molecule has 2 atom stereocenters. The van der Waals surface area contributed by atoms with Crippen LogP contribution in [-0.4, -0.2) is 81.5 Å². The summed E-state index contributed by atoms with van der Waals surface area (Å²) in [5.41, 5.74) is 2.88. The second-order valence-electron chi connectivity index (χ2n) is 10.4. The highest BCUT2D eigenvalue weighted by Gasteiger charge is 2.40. The van der Waals surface area contributed by atoms with Crippen molar-refractivity contribution < 1.29 is 14.3 Å². The number of hydrogen-bond acceptors (Lipinski definition) is 8. The van der Waals surface area contributed by atoms with Crippen LogP contribution >= 0.6 is 11.3 Å². The van der Waals surface area contributed by atoms with E-state index in [0.29, 0.717) is 28.8 Å². The molecule has 0 radical (unpaired) electrons. The normalized spacial score (nSPS) is 23.5. The number of aromatic nitrogens is 4. The number of aryl methyl sites for hydroxylation is 1. The van der Waals surface area contributed by atoms with E-state index in [2.05, 4.69) is 31.0 Å². The summed E-state index contributed by atoms with van der Waals surface area (Å²) in [5, 5.41) is 17.8. The van der Waals surface area contributed by atoms with Crippen LogP contribution in [0.1, 0.15) is 30.1 Å². The Bertz CT molecular complexity index is 1430. The number of fused-ring (bicyclic) bond motifs is 1. The van der Waals surface area contributed by atoms with E-state index in [0.717, 1.165) is 54.5 Å². The zero-order valence-corrected chi connectivity index (χ0v) is 22.4. The number of amides is 2. The first kappa shape index (κ1) is 24.8. The monoisotopic (exact) mass is 536 g/mol. The highest BCUT2D eigenvalue weighted by Crippen LogP contribution is 2.37. The molecule has 12 heteroatoms. The summed E-state index contributed by atoms with van der Waals surface area (Å²) in [5.74, 6) is -0.429. The average molecular weight is 537 g/mol. The van der Waals surface area contributed by atoms with Gasteiger partial charge in [0.1, 0.15) is 4.83 Å². The predicted molar refractivity (Wildman–Crippen MR) is 143 cm³/mol. The maximum Gasteiger partial charge on any atom is 0.260 e. The molecule has 3 aliphatic heterocycles. The third-order valence-corrected chi connectivity index (χ3v) is 8.79. The molecule has 6 heterocycles. The van der Waals surface area contributed by atoms with Crippen LogP contribution in [0.15, 0.2) is 48.3 Å². The Labute approximate surface area is 224 Å². The standard InChI is InChI=1S/C26H32N8O3S/c1-17-21(31-24(36)20-12-30-34-14-22(38-25(20)34)19-11-29-32(2)13-19)9-18(10-28-17)23(35)27-5-7-33-6-3-26(15-33)4-8-37-16-26/h9-14,17,28H,3-8,15-16H2,1-2H3,(H,27,35)(H,31,36). The number of ether oxygens (including phenoxy) is 1. The van der Waals surface area contributed by atoms with Crippen LogP contribution in [-0.2, 0) is 16.6 Å². The van der Waals surface area contributed by atoms with Gasteiger partial charge in [0.25, 0.3) is 11.8 Å². The van der Waals surface area contributed by atoms with E-state index in [9.17, 15) is 9.59 Å². The molecule has 2 unspecified atom stereocenters. The summed E-state index contributed by atoms with van der Waals surface area (Å²) in [6.07, 6.45) is 12.9. The molecule has 0 aromatic carbocycles. The molecule has 3 aromatic rings. The summed E-state index contributed by atoms with van der Waals surface area (Å²) < 4.78 is 9.06. The second kappa shape index (κ2) is 10.0. The second-order valence-corrected chi connectivity index (χ2v) is 11.5. The van der Waals surface area contributed by atoms with Crippen LogP contribution in [0.4, 0.5) is 0 Å². The molecule has 0 bridgehead atoms. The lowest BCUT2D eigenvalue weighted by Gasteiger charge is -2.23. The Hall–Kier alpha value is -3.48. The summed E-state index contributed by atoms with van der Waals surface area (Å²) in [7, 11) is 1.87. The van der Waals surface area contributed by atoms with Crippen molar-refractivity contribution in [2.24, 2.45) is 12.5 Å². The van der Waals surface area contributed by atoms with E-state index in [-0.39, 0.29) is 17.9 Å². The minimum atomic E-state index is -0.264. The predicted octanol–water partition coefficient (Wildman–Crippen LogP) is 1.51. The van der Waals surface area contributed by atoms with Gasteiger partial charge < -0.3 is 25.6 Å². The van der Waals surface area contributed by atoms with Gasteiger partial charge in [-0.15, -0.1) is 11.3 Å². The van der Waals surface area contributed by atoms with Crippen LogP contribution in [0.25, 0.3) is 15.3 Å².